The first-order valence-corrected chi connectivity index (χ1v) is 10.9. The number of likely N-dealkylation sites (tertiary alicyclic amines) is 1. The number of nitrogens with zero attached hydrogens (tertiary/aromatic N) is 2. The van der Waals surface area contributed by atoms with Crippen LogP contribution in [0, 0.1) is 12.8 Å². The van der Waals surface area contributed by atoms with E-state index in [9.17, 15) is 9.59 Å². The quantitative estimate of drug-likeness (QED) is 0.578. The topological polar surface area (TPSA) is 59.1 Å². The number of rotatable bonds is 9. The summed E-state index contributed by atoms with van der Waals surface area (Å²) >= 11 is 0. The maximum absolute atomic E-state index is 12.8. The number of aryl methyl sites for hydroxylation is 1. The van der Waals surface area contributed by atoms with E-state index < -0.39 is 0 Å². The van der Waals surface area contributed by atoms with E-state index in [4.69, 9.17) is 9.47 Å². The summed E-state index contributed by atoms with van der Waals surface area (Å²) in [7, 11) is 1.85. The molecule has 0 radical (unpaired) electrons. The zero-order valence-electron chi connectivity index (χ0n) is 18.5. The number of ether oxygens (including phenoxy) is 2. The van der Waals surface area contributed by atoms with Gasteiger partial charge in [-0.1, -0.05) is 36.4 Å². The van der Waals surface area contributed by atoms with Crippen LogP contribution in [0.4, 0.5) is 0 Å². The highest BCUT2D eigenvalue weighted by atomic mass is 16.5. The smallest absolute Gasteiger partial charge is 0.260 e. The van der Waals surface area contributed by atoms with Crippen molar-refractivity contribution >= 4 is 11.8 Å². The maximum atomic E-state index is 12.8. The van der Waals surface area contributed by atoms with Gasteiger partial charge in [-0.15, -0.1) is 0 Å². The van der Waals surface area contributed by atoms with Gasteiger partial charge in [0.1, 0.15) is 11.5 Å². The molecule has 0 N–H and O–H groups in total. The molecular formula is C25H32N2O4. The van der Waals surface area contributed by atoms with E-state index in [0.717, 1.165) is 17.7 Å². The van der Waals surface area contributed by atoms with Crippen molar-refractivity contribution in [3.8, 4) is 11.5 Å². The molecular weight excluding hydrogens is 392 g/mol. The minimum atomic E-state index is -0.0311. The lowest BCUT2D eigenvalue weighted by molar-refractivity contribution is -0.140. The first-order valence-electron chi connectivity index (χ1n) is 10.9. The number of benzene rings is 2. The Hall–Kier alpha value is -3.02. The van der Waals surface area contributed by atoms with E-state index in [2.05, 4.69) is 0 Å². The van der Waals surface area contributed by atoms with Crippen LogP contribution in [0.1, 0.15) is 24.8 Å². The lowest BCUT2D eigenvalue weighted by Gasteiger charge is -2.33. The van der Waals surface area contributed by atoms with Crippen molar-refractivity contribution in [2.24, 2.45) is 5.92 Å². The molecule has 2 aromatic carbocycles. The molecule has 0 aliphatic carbocycles. The van der Waals surface area contributed by atoms with E-state index in [0.29, 0.717) is 44.8 Å². The average Bonchev–Trinajstić information content (AvgIpc) is 2.81. The van der Waals surface area contributed by atoms with Crippen LogP contribution < -0.4 is 9.47 Å². The van der Waals surface area contributed by atoms with E-state index in [1.165, 1.54) is 0 Å². The maximum Gasteiger partial charge on any atom is 0.260 e. The summed E-state index contributed by atoms with van der Waals surface area (Å²) < 4.78 is 11.4. The molecule has 3 rings (SSSR count). The molecule has 0 aromatic heterocycles. The fourth-order valence-corrected chi connectivity index (χ4v) is 3.75. The van der Waals surface area contributed by atoms with Gasteiger partial charge in [0.05, 0.1) is 6.61 Å². The fraction of sp³-hybridized carbons (Fsp3) is 0.440. The summed E-state index contributed by atoms with van der Waals surface area (Å²) in [4.78, 5) is 28.7. The highest BCUT2D eigenvalue weighted by Crippen LogP contribution is 2.20. The monoisotopic (exact) mass is 424 g/mol. The molecule has 0 bridgehead atoms. The molecule has 2 amide bonds. The van der Waals surface area contributed by atoms with Crippen molar-refractivity contribution in [2.75, 3.05) is 39.9 Å². The molecule has 6 nitrogen and oxygen atoms in total. The second kappa shape index (κ2) is 11.4. The Kier molecular flexibility index (Phi) is 8.33. The Morgan fingerprint density at radius 3 is 2.39 bits per heavy atom. The van der Waals surface area contributed by atoms with Gasteiger partial charge in [-0.3, -0.25) is 9.59 Å². The summed E-state index contributed by atoms with van der Waals surface area (Å²) in [6.07, 6.45) is 2.17. The number of amides is 2. The Morgan fingerprint density at radius 2 is 1.68 bits per heavy atom. The van der Waals surface area contributed by atoms with Crippen LogP contribution in [-0.2, 0) is 9.59 Å². The molecule has 6 heteroatoms. The standard InChI is InChI=1S/C25H32N2O4/c1-20-9-6-7-12-23(20)30-18-8-15-26(2)25(29)21-13-16-27(17-14-21)24(28)19-31-22-10-4-3-5-11-22/h3-7,9-12,21H,8,13-19H2,1-2H3. The largest absolute Gasteiger partial charge is 0.493 e. The number of hydrogen-bond acceptors (Lipinski definition) is 4. The van der Waals surface area contributed by atoms with Gasteiger partial charge < -0.3 is 19.3 Å². The molecule has 1 heterocycles. The molecule has 0 spiro atoms. The average molecular weight is 425 g/mol. The Morgan fingerprint density at radius 1 is 1.00 bits per heavy atom. The molecule has 0 unspecified atom stereocenters. The molecule has 0 saturated carbocycles. The normalized spacial score (nSPS) is 14.2. The minimum absolute atomic E-state index is 0.0265. The van der Waals surface area contributed by atoms with Gasteiger partial charge in [0.15, 0.2) is 6.61 Å². The Balaban J connectivity index is 1.34. The summed E-state index contributed by atoms with van der Waals surface area (Å²) in [5.41, 5.74) is 1.11. The second-order valence-electron chi connectivity index (χ2n) is 7.98. The molecule has 1 saturated heterocycles. The van der Waals surface area contributed by atoms with Crippen molar-refractivity contribution in [1.29, 1.82) is 0 Å². The van der Waals surface area contributed by atoms with Crippen LogP contribution in [0.25, 0.3) is 0 Å². The van der Waals surface area contributed by atoms with Crippen molar-refractivity contribution in [3.63, 3.8) is 0 Å². The first kappa shape index (κ1) is 22.7. The van der Waals surface area contributed by atoms with Gasteiger partial charge in [-0.05, 0) is 49.9 Å². The zero-order valence-corrected chi connectivity index (χ0v) is 18.5. The van der Waals surface area contributed by atoms with E-state index in [1.54, 1.807) is 9.80 Å². The molecule has 1 fully saturated rings. The van der Waals surface area contributed by atoms with Crippen LogP contribution >= 0.6 is 0 Å². The van der Waals surface area contributed by atoms with Gasteiger partial charge in [-0.2, -0.15) is 0 Å². The number of hydrogen-bond donors (Lipinski definition) is 0. The van der Waals surface area contributed by atoms with Gasteiger partial charge in [0, 0.05) is 32.6 Å². The van der Waals surface area contributed by atoms with Crippen molar-refractivity contribution in [3.05, 3.63) is 60.2 Å². The number of carbonyl (C=O) groups is 2. The lowest BCUT2D eigenvalue weighted by Crippen LogP contribution is -2.45. The van der Waals surface area contributed by atoms with Crippen LogP contribution in [0.2, 0.25) is 0 Å². The second-order valence-corrected chi connectivity index (χ2v) is 7.98. The molecule has 166 valence electrons. The summed E-state index contributed by atoms with van der Waals surface area (Å²) in [5, 5.41) is 0. The molecule has 1 aliphatic rings. The third-order valence-corrected chi connectivity index (χ3v) is 5.67. The lowest BCUT2D eigenvalue weighted by atomic mass is 9.95. The molecule has 1 aliphatic heterocycles. The van der Waals surface area contributed by atoms with Gasteiger partial charge in [0.2, 0.25) is 5.91 Å². The first-order chi connectivity index (χ1) is 15.0. The predicted molar refractivity (Wildman–Crippen MR) is 120 cm³/mol. The molecule has 2 aromatic rings. The summed E-state index contributed by atoms with van der Waals surface area (Å²) in [6, 6.07) is 17.3. The zero-order chi connectivity index (χ0) is 22.1. The summed E-state index contributed by atoms with van der Waals surface area (Å²) in [6.45, 7) is 4.49. The number of para-hydroxylation sites is 2. The van der Waals surface area contributed by atoms with Crippen LogP contribution in [-0.4, -0.2) is 61.5 Å². The van der Waals surface area contributed by atoms with Gasteiger partial charge in [0.25, 0.3) is 5.91 Å². The highest BCUT2D eigenvalue weighted by molar-refractivity contribution is 5.80. The van der Waals surface area contributed by atoms with E-state index in [-0.39, 0.29) is 24.3 Å². The Labute approximate surface area is 184 Å². The predicted octanol–water partition coefficient (Wildman–Crippen LogP) is 3.54. The van der Waals surface area contributed by atoms with Crippen molar-refractivity contribution < 1.29 is 19.1 Å². The fourth-order valence-electron chi connectivity index (χ4n) is 3.75. The third kappa shape index (κ3) is 6.74. The van der Waals surface area contributed by atoms with Crippen molar-refractivity contribution in [2.45, 2.75) is 26.2 Å². The van der Waals surface area contributed by atoms with E-state index in [1.807, 2.05) is 68.6 Å². The number of piperidine rings is 1. The van der Waals surface area contributed by atoms with Crippen molar-refractivity contribution in [1.82, 2.24) is 9.80 Å². The van der Waals surface area contributed by atoms with E-state index >= 15 is 0 Å². The summed E-state index contributed by atoms with van der Waals surface area (Å²) in [5.74, 6) is 1.68. The molecule has 0 atom stereocenters. The Bertz CT molecular complexity index is 848. The van der Waals surface area contributed by atoms with Crippen LogP contribution in [0.5, 0.6) is 11.5 Å². The van der Waals surface area contributed by atoms with Gasteiger partial charge in [-0.25, -0.2) is 0 Å². The number of carbonyl (C=O) groups excluding carboxylic acids is 2. The van der Waals surface area contributed by atoms with Gasteiger partial charge >= 0.3 is 0 Å². The van der Waals surface area contributed by atoms with Crippen LogP contribution in [0.3, 0.4) is 0 Å². The third-order valence-electron chi connectivity index (χ3n) is 5.67. The van der Waals surface area contributed by atoms with Crippen LogP contribution in [0.15, 0.2) is 54.6 Å². The SMILES string of the molecule is Cc1ccccc1OCCCN(C)C(=O)C1CCN(C(=O)COc2ccccc2)CC1. The minimum Gasteiger partial charge on any atom is -0.493 e. The molecule has 31 heavy (non-hydrogen) atoms. The highest BCUT2D eigenvalue weighted by Gasteiger charge is 2.29.